The minimum atomic E-state index is -1.01. The van der Waals surface area contributed by atoms with Crippen molar-refractivity contribution >= 4 is 18.1 Å². The molecule has 0 aliphatic rings. The Balaban J connectivity index is 2.13. The summed E-state index contributed by atoms with van der Waals surface area (Å²) < 4.78 is 15.6. The van der Waals surface area contributed by atoms with E-state index in [-0.39, 0.29) is 11.1 Å². The van der Waals surface area contributed by atoms with Crippen molar-refractivity contribution in [1.82, 2.24) is 5.43 Å². The first-order valence-electron chi connectivity index (χ1n) is 7.47. The lowest BCUT2D eigenvalue weighted by atomic mass is 10.1. The number of nitrogens with one attached hydrogen (secondary N) is 1. The minimum Gasteiger partial charge on any atom is -0.493 e. The van der Waals surface area contributed by atoms with Gasteiger partial charge in [-0.1, -0.05) is 12.1 Å². The summed E-state index contributed by atoms with van der Waals surface area (Å²) in [5.41, 5.74) is 3.47. The van der Waals surface area contributed by atoms with Crippen LogP contribution in [0.25, 0.3) is 0 Å². The molecule has 26 heavy (non-hydrogen) atoms. The predicted octanol–water partition coefficient (Wildman–Crippen LogP) is 2.17. The molecular weight excluding hydrogens is 340 g/mol. The van der Waals surface area contributed by atoms with E-state index in [1.807, 2.05) is 0 Å². The number of carboxylic acid groups (broad SMARTS) is 1. The van der Waals surface area contributed by atoms with Gasteiger partial charge >= 0.3 is 5.97 Å². The Morgan fingerprint density at radius 2 is 1.54 bits per heavy atom. The van der Waals surface area contributed by atoms with E-state index in [4.69, 9.17) is 19.3 Å². The van der Waals surface area contributed by atoms with Gasteiger partial charge < -0.3 is 19.3 Å². The molecule has 0 saturated carbocycles. The third-order valence-electron chi connectivity index (χ3n) is 3.46. The molecule has 8 heteroatoms. The summed E-state index contributed by atoms with van der Waals surface area (Å²) in [4.78, 5) is 23.1. The fourth-order valence-electron chi connectivity index (χ4n) is 2.15. The van der Waals surface area contributed by atoms with Crippen LogP contribution in [0.3, 0.4) is 0 Å². The Morgan fingerprint density at radius 3 is 2.00 bits per heavy atom. The molecule has 2 N–H and O–H groups in total. The Bertz CT molecular complexity index is 805. The Morgan fingerprint density at radius 1 is 0.962 bits per heavy atom. The highest BCUT2D eigenvalue weighted by Gasteiger charge is 2.16. The molecule has 2 rings (SSSR count). The summed E-state index contributed by atoms with van der Waals surface area (Å²) in [5, 5.41) is 12.7. The first kappa shape index (κ1) is 18.8. The molecule has 0 aromatic heterocycles. The molecule has 0 aliphatic heterocycles. The van der Waals surface area contributed by atoms with Crippen LogP contribution in [-0.2, 0) is 0 Å². The molecule has 0 radical (unpaired) electrons. The highest BCUT2D eigenvalue weighted by atomic mass is 16.5. The molecule has 0 fully saturated rings. The molecule has 0 spiro atoms. The number of aromatic carboxylic acids is 1. The zero-order valence-electron chi connectivity index (χ0n) is 14.5. The maximum atomic E-state index is 12.3. The number of amides is 1. The molecule has 0 bridgehead atoms. The van der Waals surface area contributed by atoms with Crippen LogP contribution in [0.2, 0.25) is 0 Å². The van der Waals surface area contributed by atoms with Gasteiger partial charge in [0, 0.05) is 5.56 Å². The van der Waals surface area contributed by atoms with Crippen molar-refractivity contribution in [3.05, 3.63) is 53.1 Å². The van der Waals surface area contributed by atoms with E-state index >= 15 is 0 Å². The maximum Gasteiger partial charge on any atom is 0.335 e. The lowest BCUT2D eigenvalue weighted by Gasteiger charge is -2.13. The van der Waals surface area contributed by atoms with Crippen LogP contribution < -0.4 is 19.6 Å². The van der Waals surface area contributed by atoms with Crippen LogP contribution in [-0.4, -0.2) is 44.5 Å². The maximum absolute atomic E-state index is 12.3. The SMILES string of the molecule is COc1cc(C(=O)N/N=C/c2ccc(C(=O)O)cc2)cc(OC)c1OC. The number of carboxylic acids is 1. The number of hydrogen-bond donors (Lipinski definition) is 2. The Labute approximate surface area is 150 Å². The second-order valence-corrected chi connectivity index (χ2v) is 5.04. The average molecular weight is 358 g/mol. The minimum absolute atomic E-state index is 0.170. The van der Waals surface area contributed by atoms with Crippen LogP contribution in [0.4, 0.5) is 0 Å². The van der Waals surface area contributed by atoms with Crippen molar-refractivity contribution in [2.24, 2.45) is 5.10 Å². The molecule has 136 valence electrons. The summed E-state index contributed by atoms with van der Waals surface area (Å²) in [7, 11) is 4.38. The zero-order chi connectivity index (χ0) is 19.1. The largest absolute Gasteiger partial charge is 0.493 e. The second-order valence-electron chi connectivity index (χ2n) is 5.04. The first-order valence-corrected chi connectivity index (χ1v) is 7.47. The first-order chi connectivity index (χ1) is 12.5. The summed E-state index contributed by atoms with van der Waals surface area (Å²) in [6, 6.07) is 9.08. The van der Waals surface area contributed by atoms with Crippen molar-refractivity contribution in [1.29, 1.82) is 0 Å². The average Bonchev–Trinajstić information content (AvgIpc) is 2.66. The summed E-state index contributed by atoms with van der Waals surface area (Å²) in [6.07, 6.45) is 1.40. The summed E-state index contributed by atoms with van der Waals surface area (Å²) in [6.45, 7) is 0. The van der Waals surface area contributed by atoms with Gasteiger partial charge in [0.2, 0.25) is 5.75 Å². The van der Waals surface area contributed by atoms with Crippen molar-refractivity contribution in [3.63, 3.8) is 0 Å². The van der Waals surface area contributed by atoms with E-state index in [1.54, 1.807) is 12.1 Å². The second kappa shape index (κ2) is 8.52. The number of rotatable bonds is 7. The van der Waals surface area contributed by atoms with Crippen LogP contribution in [0.15, 0.2) is 41.5 Å². The van der Waals surface area contributed by atoms with E-state index < -0.39 is 11.9 Å². The molecule has 1 amide bonds. The number of carbonyl (C=O) groups is 2. The number of carbonyl (C=O) groups excluding carboxylic acids is 1. The number of hydrogen-bond acceptors (Lipinski definition) is 6. The molecule has 0 atom stereocenters. The van der Waals surface area contributed by atoms with E-state index in [2.05, 4.69) is 10.5 Å². The van der Waals surface area contributed by atoms with Gasteiger partial charge in [0.05, 0.1) is 33.1 Å². The van der Waals surface area contributed by atoms with Crippen LogP contribution in [0.5, 0.6) is 17.2 Å². The number of hydrazone groups is 1. The lowest BCUT2D eigenvalue weighted by Crippen LogP contribution is -2.18. The van der Waals surface area contributed by atoms with Crippen molar-refractivity contribution in [2.45, 2.75) is 0 Å². The standard InChI is InChI=1S/C18H18N2O6/c1-24-14-8-13(9-15(25-2)16(14)26-3)17(21)20-19-10-11-4-6-12(7-5-11)18(22)23/h4-10H,1-3H3,(H,20,21)(H,22,23)/b19-10+. The van der Waals surface area contributed by atoms with Gasteiger partial charge in [0.1, 0.15) is 0 Å². The number of ether oxygens (including phenoxy) is 3. The van der Waals surface area contributed by atoms with Crippen molar-refractivity contribution in [3.8, 4) is 17.2 Å². The smallest absolute Gasteiger partial charge is 0.335 e. The van der Waals surface area contributed by atoms with E-state index in [0.29, 0.717) is 22.8 Å². The third-order valence-corrected chi connectivity index (χ3v) is 3.46. The molecular formula is C18H18N2O6. The normalized spacial score (nSPS) is 10.4. The molecule has 2 aromatic rings. The number of methoxy groups -OCH3 is 3. The number of nitrogens with zero attached hydrogens (tertiary/aromatic N) is 1. The number of benzene rings is 2. The Kier molecular flexibility index (Phi) is 6.15. The predicted molar refractivity (Wildman–Crippen MR) is 94.6 cm³/mol. The van der Waals surface area contributed by atoms with E-state index in [9.17, 15) is 9.59 Å². The molecule has 0 aliphatic carbocycles. The third kappa shape index (κ3) is 4.29. The van der Waals surface area contributed by atoms with Gasteiger partial charge in [-0.05, 0) is 29.8 Å². The molecule has 2 aromatic carbocycles. The summed E-state index contributed by atoms with van der Waals surface area (Å²) >= 11 is 0. The Hall–Kier alpha value is -3.55. The van der Waals surface area contributed by atoms with Gasteiger partial charge in [-0.15, -0.1) is 0 Å². The van der Waals surface area contributed by atoms with E-state index in [1.165, 1.54) is 51.8 Å². The highest BCUT2D eigenvalue weighted by molar-refractivity contribution is 5.96. The quantitative estimate of drug-likeness (QED) is 0.580. The van der Waals surface area contributed by atoms with Crippen LogP contribution in [0.1, 0.15) is 26.3 Å². The van der Waals surface area contributed by atoms with Crippen molar-refractivity contribution < 1.29 is 28.9 Å². The lowest BCUT2D eigenvalue weighted by molar-refractivity contribution is 0.0696. The van der Waals surface area contributed by atoms with Crippen molar-refractivity contribution in [2.75, 3.05) is 21.3 Å². The van der Waals surface area contributed by atoms with Gasteiger partial charge in [0.25, 0.3) is 5.91 Å². The van der Waals surface area contributed by atoms with Crippen LogP contribution in [0, 0.1) is 0 Å². The van der Waals surface area contributed by atoms with E-state index in [0.717, 1.165) is 0 Å². The summed E-state index contributed by atoms with van der Waals surface area (Å²) in [5.74, 6) is -0.393. The molecule has 0 saturated heterocycles. The highest BCUT2D eigenvalue weighted by Crippen LogP contribution is 2.38. The monoisotopic (exact) mass is 358 g/mol. The van der Waals surface area contributed by atoms with Gasteiger partial charge in [-0.2, -0.15) is 5.10 Å². The van der Waals surface area contributed by atoms with Crippen LogP contribution >= 0.6 is 0 Å². The zero-order valence-corrected chi connectivity index (χ0v) is 14.5. The molecule has 8 nitrogen and oxygen atoms in total. The molecule has 0 heterocycles. The van der Waals surface area contributed by atoms with Gasteiger partial charge in [-0.25, -0.2) is 10.2 Å². The molecule has 0 unspecified atom stereocenters. The fourth-order valence-corrected chi connectivity index (χ4v) is 2.15. The van der Waals surface area contributed by atoms with Gasteiger partial charge in [-0.3, -0.25) is 4.79 Å². The van der Waals surface area contributed by atoms with Gasteiger partial charge in [0.15, 0.2) is 11.5 Å². The topological polar surface area (TPSA) is 106 Å². The fraction of sp³-hybridized carbons (Fsp3) is 0.167.